The molecule has 0 saturated carbocycles. The van der Waals surface area contributed by atoms with E-state index in [0.717, 1.165) is 0 Å². The van der Waals surface area contributed by atoms with E-state index >= 15 is 0 Å². The van der Waals surface area contributed by atoms with E-state index in [1.165, 1.54) is 32.5 Å². The smallest absolute Gasteiger partial charge is 0.240 e. The fraction of sp³-hybridized carbons (Fsp3) is 0.545. The largest absolute Gasteiger partial charge is 0.382 e. The van der Waals surface area contributed by atoms with Gasteiger partial charge in [-0.05, 0) is 6.07 Å². The van der Waals surface area contributed by atoms with E-state index in [1.54, 1.807) is 7.05 Å². The number of hydrogen-bond acceptors (Lipinski definition) is 6. The molecular weight excluding hydrogens is 270 g/mol. The summed E-state index contributed by atoms with van der Waals surface area (Å²) in [5.74, 6) is 0.489. The van der Waals surface area contributed by atoms with Crippen molar-refractivity contribution in [3.8, 4) is 0 Å². The van der Waals surface area contributed by atoms with Crippen molar-refractivity contribution >= 4 is 15.8 Å². The topological polar surface area (TPSA) is 89.6 Å². The number of sulfonamides is 1. The van der Waals surface area contributed by atoms with Gasteiger partial charge in [0.15, 0.2) is 0 Å². The van der Waals surface area contributed by atoms with Crippen molar-refractivity contribution in [1.82, 2.24) is 9.71 Å². The minimum atomic E-state index is -3.58. The Morgan fingerprint density at radius 2 is 2.16 bits per heavy atom. The lowest BCUT2D eigenvalue weighted by Crippen LogP contribution is -2.35. The molecule has 0 radical (unpaired) electrons. The molecule has 2 N–H and O–H groups in total. The van der Waals surface area contributed by atoms with E-state index in [1.807, 2.05) is 0 Å². The first-order valence-corrected chi connectivity index (χ1v) is 7.17. The predicted octanol–water partition coefficient (Wildman–Crippen LogP) is 0.0630. The van der Waals surface area contributed by atoms with Gasteiger partial charge in [0.25, 0.3) is 0 Å². The number of nitrogens with one attached hydrogen (secondary N) is 2. The molecule has 0 fully saturated rings. The van der Waals surface area contributed by atoms with Gasteiger partial charge >= 0.3 is 0 Å². The number of pyridine rings is 1. The third-order valence-corrected chi connectivity index (χ3v) is 3.91. The Morgan fingerprint density at radius 3 is 2.74 bits per heavy atom. The van der Waals surface area contributed by atoms with E-state index in [2.05, 4.69) is 15.0 Å². The van der Waals surface area contributed by atoms with E-state index in [0.29, 0.717) is 12.4 Å². The Kier molecular flexibility index (Phi) is 6.16. The molecule has 8 heteroatoms. The maximum absolute atomic E-state index is 12.1. The summed E-state index contributed by atoms with van der Waals surface area (Å²) in [6.07, 6.45) is 1.11. The number of methoxy groups -OCH3 is 2. The van der Waals surface area contributed by atoms with Crippen molar-refractivity contribution in [3.63, 3.8) is 0 Å². The molecule has 7 nitrogen and oxygen atoms in total. The van der Waals surface area contributed by atoms with Gasteiger partial charge in [-0.1, -0.05) is 0 Å². The van der Waals surface area contributed by atoms with E-state index in [4.69, 9.17) is 9.47 Å². The third kappa shape index (κ3) is 4.75. The zero-order valence-electron chi connectivity index (χ0n) is 11.2. The average Bonchev–Trinajstić information content (AvgIpc) is 2.43. The molecule has 19 heavy (non-hydrogen) atoms. The van der Waals surface area contributed by atoms with Gasteiger partial charge in [0.2, 0.25) is 10.0 Å². The summed E-state index contributed by atoms with van der Waals surface area (Å²) < 4.78 is 36.6. The van der Waals surface area contributed by atoms with Gasteiger partial charge in [0.05, 0.1) is 17.6 Å². The first-order chi connectivity index (χ1) is 9.03. The maximum Gasteiger partial charge on any atom is 0.240 e. The molecule has 0 saturated heterocycles. The second kappa shape index (κ2) is 7.39. The summed E-state index contributed by atoms with van der Waals surface area (Å²) in [6, 6.07) is 2.89. The van der Waals surface area contributed by atoms with Gasteiger partial charge in [-0.15, -0.1) is 0 Å². The van der Waals surface area contributed by atoms with Crippen LogP contribution in [0.3, 0.4) is 0 Å². The molecule has 0 aliphatic carbocycles. The van der Waals surface area contributed by atoms with Crippen LogP contribution >= 0.6 is 0 Å². The normalized spacial score (nSPS) is 13.2. The van der Waals surface area contributed by atoms with Crippen molar-refractivity contribution in [3.05, 3.63) is 18.3 Å². The van der Waals surface area contributed by atoms with Gasteiger partial charge < -0.3 is 14.8 Å². The fourth-order valence-corrected chi connectivity index (χ4v) is 2.48. The predicted molar refractivity (Wildman–Crippen MR) is 71.6 cm³/mol. The first-order valence-electron chi connectivity index (χ1n) is 5.68. The summed E-state index contributed by atoms with van der Waals surface area (Å²) in [7, 11) is 1.12. The SMILES string of the molecule is CNc1cc(S(=O)(=O)NCC(COC)OC)ccn1. The molecule has 0 aliphatic heterocycles. The lowest BCUT2D eigenvalue weighted by atomic mass is 10.4. The summed E-state index contributed by atoms with van der Waals surface area (Å²) in [5.41, 5.74) is 0. The average molecular weight is 289 g/mol. The molecule has 0 aromatic carbocycles. The van der Waals surface area contributed by atoms with Gasteiger partial charge in [-0.25, -0.2) is 18.1 Å². The van der Waals surface area contributed by atoms with Crippen molar-refractivity contribution in [2.75, 3.05) is 39.7 Å². The Labute approximate surface area is 113 Å². The van der Waals surface area contributed by atoms with E-state index in [-0.39, 0.29) is 17.5 Å². The highest BCUT2D eigenvalue weighted by Crippen LogP contribution is 2.12. The highest BCUT2D eigenvalue weighted by atomic mass is 32.2. The number of rotatable bonds is 8. The molecule has 108 valence electrons. The van der Waals surface area contributed by atoms with Crippen LogP contribution in [0, 0.1) is 0 Å². The number of aromatic nitrogens is 1. The molecule has 1 aromatic heterocycles. The molecular formula is C11H19N3O4S. The minimum Gasteiger partial charge on any atom is -0.382 e. The summed E-state index contributed by atoms with van der Waals surface area (Å²) in [5, 5.41) is 2.79. The number of hydrogen-bond donors (Lipinski definition) is 2. The maximum atomic E-state index is 12.1. The minimum absolute atomic E-state index is 0.143. The zero-order chi connectivity index (χ0) is 14.3. The second-order valence-electron chi connectivity index (χ2n) is 3.79. The van der Waals surface area contributed by atoms with Crippen LogP contribution in [0.15, 0.2) is 23.2 Å². The Morgan fingerprint density at radius 1 is 1.42 bits per heavy atom. The fourth-order valence-electron chi connectivity index (χ4n) is 1.40. The summed E-state index contributed by atoms with van der Waals surface area (Å²) >= 11 is 0. The zero-order valence-corrected chi connectivity index (χ0v) is 12.0. The molecule has 0 bridgehead atoms. The highest BCUT2D eigenvalue weighted by Gasteiger charge is 2.17. The third-order valence-electron chi connectivity index (χ3n) is 2.48. The quantitative estimate of drug-likeness (QED) is 0.703. The molecule has 1 unspecified atom stereocenters. The number of nitrogens with zero attached hydrogens (tertiary/aromatic N) is 1. The molecule has 1 heterocycles. The summed E-state index contributed by atoms with van der Waals surface area (Å²) in [6.45, 7) is 0.459. The monoisotopic (exact) mass is 289 g/mol. The Balaban J connectivity index is 2.74. The van der Waals surface area contributed by atoms with Gasteiger partial charge in [0.1, 0.15) is 5.82 Å². The van der Waals surface area contributed by atoms with Crippen molar-refractivity contribution in [2.24, 2.45) is 0 Å². The van der Waals surface area contributed by atoms with Crippen molar-refractivity contribution < 1.29 is 17.9 Å². The van der Waals surface area contributed by atoms with Crippen molar-refractivity contribution in [2.45, 2.75) is 11.0 Å². The van der Waals surface area contributed by atoms with Crippen LogP contribution in [0.5, 0.6) is 0 Å². The van der Waals surface area contributed by atoms with Gasteiger partial charge in [0, 0.05) is 40.1 Å². The molecule has 1 aromatic rings. The second-order valence-corrected chi connectivity index (χ2v) is 5.56. The standard InChI is InChI=1S/C11H19N3O4S/c1-12-11-6-10(4-5-13-11)19(15,16)14-7-9(18-3)8-17-2/h4-6,9,14H,7-8H2,1-3H3,(H,12,13). The van der Waals surface area contributed by atoms with Crippen LogP contribution in [0.4, 0.5) is 5.82 Å². The van der Waals surface area contributed by atoms with Crippen LogP contribution < -0.4 is 10.0 Å². The first kappa shape index (κ1) is 15.8. The Hall–Kier alpha value is -1.22. The lowest BCUT2D eigenvalue weighted by Gasteiger charge is -2.15. The number of anilines is 1. The lowest BCUT2D eigenvalue weighted by molar-refractivity contribution is 0.0320. The summed E-state index contributed by atoms with van der Waals surface area (Å²) in [4.78, 5) is 4.12. The van der Waals surface area contributed by atoms with Gasteiger partial charge in [-0.2, -0.15) is 0 Å². The van der Waals surface area contributed by atoms with Crippen LogP contribution in [-0.4, -0.2) is 53.9 Å². The van der Waals surface area contributed by atoms with Crippen molar-refractivity contribution in [1.29, 1.82) is 0 Å². The number of ether oxygens (including phenoxy) is 2. The van der Waals surface area contributed by atoms with Crippen LogP contribution in [0.2, 0.25) is 0 Å². The van der Waals surface area contributed by atoms with Gasteiger partial charge in [-0.3, -0.25) is 0 Å². The molecule has 0 aliphatic rings. The molecule has 1 rings (SSSR count). The van der Waals surface area contributed by atoms with E-state index in [9.17, 15) is 8.42 Å². The molecule has 0 spiro atoms. The van der Waals surface area contributed by atoms with Crippen LogP contribution in [-0.2, 0) is 19.5 Å². The van der Waals surface area contributed by atoms with Crippen LogP contribution in [0.1, 0.15) is 0 Å². The molecule has 0 amide bonds. The highest BCUT2D eigenvalue weighted by molar-refractivity contribution is 7.89. The molecule has 1 atom stereocenters. The Bertz CT molecular complexity index is 492. The van der Waals surface area contributed by atoms with E-state index < -0.39 is 10.0 Å². The van der Waals surface area contributed by atoms with Crippen LogP contribution in [0.25, 0.3) is 0 Å².